The minimum atomic E-state index is -0.411. The van der Waals surface area contributed by atoms with Crippen molar-refractivity contribution in [3.8, 4) is 0 Å². The third-order valence-electron chi connectivity index (χ3n) is 2.74. The Labute approximate surface area is 86.5 Å². The summed E-state index contributed by atoms with van der Waals surface area (Å²) in [5.74, 6) is 0.250. The number of nitrogens with zero attached hydrogens (tertiary/aromatic N) is 3. The van der Waals surface area contributed by atoms with E-state index in [1.54, 1.807) is 0 Å². The van der Waals surface area contributed by atoms with Crippen LogP contribution in [0.15, 0.2) is 9.59 Å². The van der Waals surface area contributed by atoms with Crippen LogP contribution >= 0.6 is 0 Å². The van der Waals surface area contributed by atoms with E-state index in [2.05, 4.69) is 10.4 Å². The molecule has 0 amide bonds. The van der Waals surface area contributed by atoms with E-state index in [0.717, 1.165) is 22.1 Å². The zero-order valence-electron chi connectivity index (χ0n) is 9.07. The SMILES string of the molecule is Cn1nc(NC2(C)CC2)c(=O)n(C)c1=O. The van der Waals surface area contributed by atoms with Crippen LogP contribution in [0.3, 0.4) is 0 Å². The first-order chi connectivity index (χ1) is 6.93. The lowest BCUT2D eigenvalue weighted by Gasteiger charge is -2.12. The van der Waals surface area contributed by atoms with E-state index in [0.29, 0.717) is 0 Å². The molecule has 1 aromatic heterocycles. The number of anilines is 1. The molecular weight excluding hydrogens is 196 g/mol. The molecule has 1 saturated carbocycles. The molecule has 6 heteroatoms. The molecule has 0 aromatic carbocycles. The number of aryl methyl sites for hydroxylation is 1. The normalized spacial score (nSPS) is 17.5. The molecule has 1 aliphatic rings. The topological polar surface area (TPSA) is 68.9 Å². The lowest BCUT2D eigenvalue weighted by atomic mass is 10.3. The summed E-state index contributed by atoms with van der Waals surface area (Å²) in [5.41, 5.74) is -0.797. The maximum absolute atomic E-state index is 11.7. The number of rotatable bonds is 2. The molecule has 82 valence electrons. The quantitative estimate of drug-likeness (QED) is 0.710. The third-order valence-corrected chi connectivity index (χ3v) is 2.74. The Hall–Kier alpha value is -1.59. The predicted molar refractivity (Wildman–Crippen MR) is 56.0 cm³/mol. The molecule has 0 bridgehead atoms. The number of nitrogens with one attached hydrogen (secondary N) is 1. The van der Waals surface area contributed by atoms with Gasteiger partial charge in [-0.3, -0.25) is 9.36 Å². The van der Waals surface area contributed by atoms with Gasteiger partial charge in [0.05, 0.1) is 0 Å². The minimum absolute atomic E-state index is 0.0173. The highest BCUT2D eigenvalue weighted by Crippen LogP contribution is 2.36. The van der Waals surface area contributed by atoms with Crippen molar-refractivity contribution in [2.75, 3.05) is 5.32 Å². The van der Waals surface area contributed by atoms with Gasteiger partial charge in [-0.2, -0.15) is 0 Å². The molecule has 0 unspecified atom stereocenters. The highest BCUT2D eigenvalue weighted by atomic mass is 16.2. The van der Waals surface area contributed by atoms with Crippen molar-refractivity contribution in [1.29, 1.82) is 0 Å². The summed E-state index contributed by atoms with van der Waals surface area (Å²) >= 11 is 0. The number of aromatic nitrogens is 3. The Morgan fingerprint density at radius 1 is 1.33 bits per heavy atom. The standard InChI is InChI=1S/C9H14N4O2/c1-9(4-5-9)10-6-7(14)12(2)8(15)13(3)11-6/h4-5H2,1-3H3,(H,10,11). The largest absolute Gasteiger partial charge is 0.359 e. The summed E-state index contributed by atoms with van der Waals surface area (Å²) in [7, 11) is 2.98. The van der Waals surface area contributed by atoms with Crippen molar-refractivity contribution in [3.05, 3.63) is 20.8 Å². The Kier molecular flexibility index (Phi) is 1.95. The molecule has 1 N–H and O–H groups in total. The van der Waals surface area contributed by atoms with E-state index in [9.17, 15) is 9.59 Å². The Balaban J connectivity index is 2.48. The summed E-state index contributed by atoms with van der Waals surface area (Å²) in [4.78, 5) is 23.0. The lowest BCUT2D eigenvalue weighted by Crippen LogP contribution is -2.41. The van der Waals surface area contributed by atoms with Gasteiger partial charge in [-0.1, -0.05) is 0 Å². The number of hydrogen-bond acceptors (Lipinski definition) is 4. The van der Waals surface area contributed by atoms with E-state index >= 15 is 0 Å². The Morgan fingerprint density at radius 3 is 2.47 bits per heavy atom. The first-order valence-corrected chi connectivity index (χ1v) is 4.85. The fourth-order valence-corrected chi connectivity index (χ4v) is 1.38. The van der Waals surface area contributed by atoms with E-state index in [1.807, 2.05) is 6.92 Å². The summed E-state index contributed by atoms with van der Waals surface area (Å²) in [6, 6.07) is 0. The molecule has 1 aliphatic carbocycles. The first-order valence-electron chi connectivity index (χ1n) is 4.85. The molecule has 0 saturated heterocycles. The highest BCUT2D eigenvalue weighted by molar-refractivity contribution is 5.36. The fraction of sp³-hybridized carbons (Fsp3) is 0.667. The van der Waals surface area contributed by atoms with Crippen LogP contribution in [-0.2, 0) is 14.1 Å². The van der Waals surface area contributed by atoms with Crippen LogP contribution in [0.1, 0.15) is 19.8 Å². The molecular formula is C9H14N4O2. The van der Waals surface area contributed by atoms with E-state index in [-0.39, 0.29) is 16.9 Å². The molecule has 1 heterocycles. The molecule has 0 atom stereocenters. The molecule has 0 spiro atoms. The fourth-order valence-electron chi connectivity index (χ4n) is 1.38. The summed E-state index contributed by atoms with van der Waals surface area (Å²) in [5, 5.41) is 6.98. The van der Waals surface area contributed by atoms with Crippen LogP contribution < -0.4 is 16.6 Å². The highest BCUT2D eigenvalue weighted by Gasteiger charge is 2.38. The average Bonchev–Trinajstić information content (AvgIpc) is 2.89. The van der Waals surface area contributed by atoms with Gasteiger partial charge in [0.25, 0.3) is 5.56 Å². The van der Waals surface area contributed by atoms with Gasteiger partial charge < -0.3 is 5.32 Å². The van der Waals surface area contributed by atoms with Crippen molar-refractivity contribution in [1.82, 2.24) is 14.3 Å². The summed E-state index contributed by atoms with van der Waals surface area (Å²) < 4.78 is 2.22. The van der Waals surface area contributed by atoms with Gasteiger partial charge in [0.1, 0.15) is 0 Å². The Bertz CT molecular complexity index is 510. The summed E-state index contributed by atoms with van der Waals surface area (Å²) in [6.45, 7) is 2.03. The smallest absolute Gasteiger partial charge is 0.346 e. The molecule has 0 aliphatic heterocycles. The van der Waals surface area contributed by atoms with Crippen molar-refractivity contribution in [2.24, 2.45) is 14.1 Å². The van der Waals surface area contributed by atoms with E-state index in [1.165, 1.54) is 14.1 Å². The van der Waals surface area contributed by atoms with Crippen molar-refractivity contribution in [2.45, 2.75) is 25.3 Å². The maximum atomic E-state index is 11.7. The van der Waals surface area contributed by atoms with Gasteiger partial charge in [0.2, 0.25) is 5.82 Å². The molecule has 15 heavy (non-hydrogen) atoms. The molecule has 1 fully saturated rings. The zero-order chi connectivity index (χ0) is 11.2. The van der Waals surface area contributed by atoms with Crippen molar-refractivity contribution < 1.29 is 0 Å². The molecule has 0 radical (unpaired) electrons. The zero-order valence-corrected chi connectivity index (χ0v) is 9.07. The second-order valence-electron chi connectivity index (χ2n) is 4.30. The molecule has 6 nitrogen and oxygen atoms in total. The van der Waals surface area contributed by atoms with E-state index < -0.39 is 5.69 Å². The second-order valence-corrected chi connectivity index (χ2v) is 4.30. The van der Waals surface area contributed by atoms with Gasteiger partial charge in [-0.15, -0.1) is 5.10 Å². The van der Waals surface area contributed by atoms with Crippen LogP contribution in [0.2, 0.25) is 0 Å². The lowest BCUT2D eigenvalue weighted by molar-refractivity contribution is 0.599. The van der Waals surface area contributed by atoms with Crippen LogP contribution in [0.5, 0.6) is 0 Å². The van der Waals surface area contributed by atoms with Gasteiger partial charge in [-0.05, 0) is 19.8 Å². The van der Waals surface area contributed by atoms with Crippen LogP contribution in [0.25, 0.3) is 0 Å². The maximum Gasteiger partial charge on any atom is 0.346 e. The Morgan fingerprint density at radius 2 is 1.93 bits per heavy atom. The third kappa shape index (κ3) is 1.67. The molecule has 1 aromatic rings. The minimum Gasteiger partial charge on any atom is -0.359 e. The predicted octanol–water partition coefficient (Wildman–Crippen LogP) is -0.557. The van der Waals surface area contributed by atoms with Gasteiger partial charge in [0.15, 0.2) is 0 Å². The van der Waals surface area contributed by atoms with Crippen LogP contribution in [0.4, 0.5) is 5.82 Å². The van der Waals surface area contributed by atoms with Gasteiger partial charge in [-0.25, -0.2) is 9.48 Å². The van der Waals surface area contributed by atoms with Crippen LogP contribution in [0, 0.1) is 0 Å². The van der Waals surface area contributed by atoms with Crippen molar-refractivity contribution in [3.63, 3.8) is 0 Å². The number of hydrogen-bond donors (Lipinski definition) is 1. The average molecular weight is 210 g/mol. The van der Waals surface area contributed by atoms with Crippen molar-refractivity contribution >= 4 is 5.82 Å². The second kappa shape index (κ2) is 2.95. The van der Waals surface area contributed by atoms with Gasteiger partial charge >= 0.3 is 5.69 Å². The van der Waals surface area contributed by atoms with E-state index in [4.69, 9.17) is 0 Å². The van der Waals surface area contributed by atoms with Crippen LogP contribution in [-0.4, -0.2) is 19.9 Å². The van der Waals surface area contributed by atoms with Gasteiger partial charge in [0, 0.05) is 19.6 Å². The summed E-state index contributed by atoms with van der Waals surface area (Å²) in [6.07, 6.45) is 2.06. The first kappa shape index (κ1) is 9.95. The monoisotopic (exact) mass is 210 g/mol. The molecule has 2 rings (SSSR count).